The van der Waals surface area contributed by atoms with Gasteiger partial charge in [-0.1, -0.05) is 30.3 Å². The first-order valence-corrected chi connectivity index (χ1v) is 9.23. The van der Waals surface area contributed by atoms with Gasteiger partial charge < -0.3 is 9.64 Å². The molecule has 0 bridgehead atoms. The second-order valence-electron chi connectivity index (χ2n) is 7.20. The van der Waals surface area contributed by atoms with E-state index in [4.69, 9.17) is 4.74 Å². The van der Waals surface area contributed by atoms with Crippen LogP contribution in [0.3, 0.4) is 0 Å². The minimum absolute atomic E-state index is 0.440. The molecule has 0 unspecified atom stereocenters. The number of morpholine rings is 1. The molecule has 0 amide bonds. The first-order chi connectivity index (χ1) is 11.4. The van der Waals surface area contributed by atoms with Crippen molar-refractivity contribution in [1.82, 2.24) is 14.7 Å². The fourth-order valence-corrected chi connectivity index (χ4v) is 4.36. The van der Waals surface area contributed by atoms with Gasteiger partial charge in [-0.2, -0.15) is 0 Å². The van der Waals surface area contributed by atoms with Crippen molar-refractivity contribution in [3.8, 4) is 0 Å². The Bertz CT molecular complexity index is 489. The summed E-state index contributed by atoms with van der Waals surface area (Å²) in [6, 6.07) is 11.9. The first kappa shape index (κ1) is 15.6. The van der Waals surface area contributed by atoms with Crippen LogP contribution in [0.25, 0.3) is 0 Å². The van der Waals surface area contributed by atoms with E-state index in [-0.39, 0.29) is 0 Å². The molecule has 0 aromatic heterocycles. The van der Waals surface area contributed by atoms with E-state index in [1.807, 2.05) is 0 Å². The summed E-state index contributed by atoms with van der Waals surface area (Å²) in [6.07, 6.45) is 2.78. The quantitative estimate of drug-likeness (QED) is 0.844. The normalized spacial score (nSPS) is 30.4. The zero-order chi connectivity index (χ0) is 15.5. The molecule has 0 aliphatic carbocycles. The molecular formula is C19H29N3O. The molecule has 0 saturated carbocycles. The molecule has 3 aliphatic rings. The number of hydrogen-bond acceptors (Lipinski definition) is 4. The van der Waals surface area contributed by atoms with Gasteiger partial charge in [-0.15, -0.1) is 0 Å². The number of piperazine rings is 1. The van der Waals surface area contributed by atoms with Gasteiger partial charge in [0.1, 0.15) is 0 Å². The van der Waals surface area contributed by atoms with Crippen molar-refractivity contribution in [2.45, 2.75) is 24.9 Å². The van der Waals surface area contributed by atoms with Crippen LogP contribution in [-0.2, 0) is 4.74 Å². The Balaban J connectivity index is 1.34. The maximum absolute atomic E-state index is 5.95. The molecule has 4 nitrogen and oxygen atoms in total. The highest BCUT2D eigenvalue weighted by Gasteiger charge is 2.36. The minimum atomic E-state index is 0.440. The van der Waals surface area contributed by atoms with Crippen LogP contribution in [0.4, 0.5) is 0 Å². The summed E-state index contributed by atoms with van der Waals surface area (Å²) in [5.74, 6) is 0. The third kappa shape index (κ3) is 3.61. The first-order valence-electron chi connectivity index (χ1n) is 9.23. The molecule has 0 radical (unpaired) electrons. The standard InChI is InChI=1S/C19H29N3O/c1-2-6-17(7-3-1)19-16-23-15-18-14-21(12-13-22(18)19)11-10-20-8-4-5-9-20/h1-3,6-7,18-19H,4-5,8-16H2/t18-,19-/m1/s1. The SMILES string of the molecule is c1ccc([C@H]2COC[C@H]3CN(CCN4CCCC4)CCN32)cc1. The van der Waals surface area contributed by atoms with Crippen LogP contribution in [0.5, 0.6) is 0 Å². The summed E-state index contributed by atoms with van der Waals surface area (Å²) in [5.41, 5.74) is 1.41. The van der Waals surface area contributed by atoms with E-state index in [1.165, 1.54) is 57.7 Å². The Morgan fingerprint density at radius 1 is 0.870 bits per heavy atom. The second kappa shape index (κ2) is 7.31. The maximum Gasteiger partial charge on any atom is 0.0664 e. The fraction of sp³-hybridized carbons (Fsp3) is 0.684. The summed E-state index contributed by atoms with van der Waals surface area (Å²) in [7, 11) is 0. The van der Waals surface area contributed by atoms with Crippen LogP contribution in [-0.4, -0.2) is 79.8 Å². The highest BCUT2D eigenvalue weighted by molar-refractivity contribution is 5.20. The molecule has 0 N–H and O–H groups in total. The van der Waals surface area contributed by atoms with Gasteiger partial charge in [0.2, 0.25) is 0 Å². The fourth-order valence-electron chi connectivity index (χ4n) is 4.36. The van der Waals surface area contributed by atoms with Crippen LogP contribution >= 0.6 is 0 Å². The molecular weight excluding hydrogens is 286 g/mol. The number of nitrogens with zero attached hydrogens (tertiary/aromatic N) is 3. The monoisotopic (exact) mass is 315 g/mol. The van der Waals surface area contributed by atoms with Crippen LogP contribution in [0.2, 0.25) is 0 Å². The lowest BCUT2D eigenvalue weighted by Gasteiger charge is -2.48. The third-order valence-electron chi connectivity index (χ3n) is 5.71. The zero-order valence-corrected chi connectivity index (χ0v) is 14.1. The lowest BCUT2D eigenvalue weighted by Crippen LogP contribution is -2.59. The average molecular weight is 315 g/mol. The molecule has 2 atom stereocenters. The number of likely N-dealkylation sites (tertiary alicyclic amines) is 1. The molecule has 4 heteroatoms. The van der Waals surface area contributed by atoms with Crippen LogP contribution in [0.15, 0.2) is 30.3 Å². The highest BCUT2D eigenvalue weighted by Crippen LogP contribution is 2.29. The Labute approximate surface area is 140 Å². The van der Waals surface area contributed by atoms with E-state index < -0.39 is 0 Å². The summed E-state index contributed by atoms with van der Waals surface area (Å²) < 4.78 is 5.95. The molecule has 0 spiro atoms. The van der Waals surface area contributed by atoms with Gasteiger partial charge in [0.25, 0.3) is 0 Å². The molecule has 1 aromatic rings. The van der Waals surface area contributed by atoms with Crippen LogP contribution < -0.4 is 0 Å². The molecule has 23 heavy (non-hydrogen) atoms. The molecule has 4 rings (SSSR count). The third-order valence-corrected chi connectivity index (χ3v) is 5.71. The van der Waals surface area contributed by atoms with E-state index in [9.17, 15) is 0 Å². The van der Waals surface area contributed by atoms with Gasteiger partial charge in [-0.25, -0.2) is 0 Å². The predicted octanol–water partition coefficient (Wildman–Crippen LogP) is 1.84. The van der Waals surface area contributed by atoms with Crippen molar-refractivity contribution in [1.29, 1.82) is 0 Å². The Morgan fingerprint density at radius 3 is 2.48 bits per heavy atom. The van der Waals surface area contributed by atoms with Crippen molar-refractivity contribution in [3.63, 3.8) is 0 Å². The lowest BCUT2D eigenvalue weighted by atomic mass is 10.0. The van der Waals surface area contributed by atoms with E-state index in [2.05, 4.69) is 45.0 Å². The Kier molecular flexibility index (Phi) is 4.95. The minimum Gasteiger partial charge on any atom is -0.378 e. The van der Waals surface area contributed by atoms with Gasteiger partial charge in [0.05, 0.1) is 19.3 Å². The van der Waals surface area contributed by atoms with Gasteiger partial charge >= 0.3 is 0 Å². The van der Waals surface area contributed by atoms with Gasteiger partial charge in [-0.3, -0.25) is 9.80 Å². The number of hydrogen-bond donors (Lipinski definition) is 0. The van der Waals surface area contributed by atoms with Crippen LogP contribution in [0, 0.1) is 0 Å². The predicted molar refractivity (Wildman–Crippen MR) is 92.6 cm³/mol. The number of rotatable bonds is 4. The molecule has 3 fully saturated rings. The Morgan fingerprint density at radius 2 is 1.65 bits per heavy atom. The zero-order valence-electron chi connectivity index (χ0n) is 14.1. The summed E-state index contributed by atoms with van der Waals surface area (Å²) in [5, 5.41) is 0. The van der Waals surface area contributed by atoms with Crippen molar-refractivity contribution in [2.24, 2.45) is 0 Å². The number of ether oxygens (including phenoxy) is 1. The van der Waals surface area contributed by atoms with E-state index in [0.29, 0.717) is 12.1 Å². The smallest absolute Gasteiger partial charge is 0.0664 e. The van der Waals surface area contributed by atoms with E-state index in [0.717, 1.165) is 19.8 Å². The van der Waals surface area contributed by atoms with Gasteiger partial charge in [-0.05, 0) is 31.5 Å². The van der Waals surface area contributed by atoms with E-state index >= 15 is 0 Å². The number of fused-ring (bicyclic) bond motifs is 1. The number of benzene rings is 1. The Hall–Kier alpha value is -0.940. The topological polar surface area (TPSA) is 19.0 Å². The summed E-state index contributed by atoms with van der Waals surface area (Å²) in [6.45, 7) is 10.4. The summed E-state index contributed by atoms with van der Waals surface area (Å²) in [4.78, 5) is 7.96. The lowest BCUT2D eigenvalue weighted by molar-refractivity contribution is -0.0827. The molecule has 3 aliphatic heterocycles. The molecule has 3 heterocycles. The largest absolute Gasteiger partial charge is 0.378 e. The molecule has 126 valence electrons. The van der Waals surface area contributed by atoms with E-state index in [1.54, 1.807) is 0 Å². The maximum atomic E-state index is 5.95. The highest BCUT2D eigenvalue weighted by atomic mass is 16.5. The van der Waals surface area contributed by atoms with Crippen molar-refractivity contribution >= 4 is 0 Å². The summed E-state index contributed by atoms with van der Waals surface area (Å²) >= 11 is 0. The molecule has 1 aromatic carbocycles. The van der Waals surface area contributed by atoms with Crippen molar-refractivity contribution in [3.05, 3.63) is 35.9 Å². The van der Waals surface area contributed by atoms with Crippen molar-refractivity contribution in [2.75, 3.05) is 59.0 Å². The second-order valence-corrected chi connectivity index (χ2v) is 7.20. The molecule has 3 saturated heterocycles. The van der Waals surface area contributed by atoms with Crippen molar-refractivity contribution < 1.29 is 4.74 Å². The van der Waals surface area contributed by atoms with Gasteiger partial charge in [0, 0.05) is 38.8 Å². The average Bonchev–Trinajstić information content (AvgIpc) is 3.13. The van der Waals surface area contributed by atoms with Crippen LogP contribution in [0.1, 0.15) is 24.4 Å². The van der Waals surface area contributed by atoms with Gasteiger partial charge in [0.15, 0.2) is 0 Å².